The molecule has 1 atom stereocenters. The Balaban J connectivity index is 1.59. The van der Waals surface area contributed by atoms with Crippen LogP contribution in [0.3, 0.4) is 0 Å². The van der Waals surface area contributed by atoms with Crippen LogP contribution in [0, 0.1) is 0 Å². The molecule has 36 heavy (non-hydrogen) atoms. The van der Waals surface area contributed by atoms with E-state index >= 15 is 0 Å². The summed E-state index contributed by atoms with van der Waals surface area (Å²) in [4.78, 5) is 17.4. The zero-order chi connectivity index (χ0) is 25.3. The van der Waals surface area contributed by atoms with Crippen LogP contribution in [0.15, 0.2) is 77.7 Å². The molecule has 1 aliphatic rings. The number of esters is 1. The molecule has 0 aliphatic carbocycles. The number of aryl methyl sites for hydroxylation is 1. The first-order valence-electron chi connectivity index (χ1n) is 12.2. The van der Waals surface area contributed by atoms with Crippen molar-refractivity contribution in [2.24, 2.45) is 0 Å². The summed E-state index contributed by atoms with van der Waals surface area (Å²) in [6.07, 6.45) is 1.08. The Morgan fingerprint density at radius 3 is 2.53 bits per heavy atom. The molecule has 1 aromatic heterocycles. The molecule has 0 spiro atoms. The van der Waals surface area contributed by atoms with Gasteiger partial charge in [0.2, 0.25) is 10.0 Å². The second-order valence-electron chi connectivity index (χ2n) is 8.79. The van der Waals surface area contributed by atoms with Gasteiger partial charge in [-0.2, -0.15) is 4.31 Å². The fourth-order valence-electron chi connectivity index (χ4n) is 5.06. The Morgan fingerprint density at radius 2 is 1.78 bits per heavy atom. The summed E-state index contributed by atoms with van der Waals surface area (Å²) in [6, 6.07) is 21.6. The molecule has 0 fully saturated rings. The van der Waals surface area contributed by atoms with E-state index in [1.807, 2.05) is 37.3 Å². The van der Waals surface area contributed by atoms with E-state index in [1.165, 1.54) is 0 Å². The Bertz CT molecular complexity index is 1510. The number of ether oxygens (including phenoxy) is 1. The molecule has 0 N–H and O–H groups in total. The van der Waals surface area contributed by atoms with E-state index in [0.29, 0.717) is 43.6 Å². The lowest BCUT2D eigenvalue weighted by Crippen LogP contribution is -2.41. The van der Waals surface area contributed by atoms with Gasteiger partial charge in [-0.25, -0.2) is 18.2 Å². The number of benzene rings is 3. The molecular formula is C28H29N3O4S. The summed E-state index contributed by atoms with van der Waals surface area (Å²) in [5.41, 5.74) is 4.21. The Labute approximate surface area is 211 Å². The molecule has 2 heterocycles. The molecule has 0 saturated carbocycles. The molecular weight excluding hydrogens is 474 g/mol. The minimum Gasteiger partial charge on any atom is -0.462 e. The number of carbonyl (C=O) groups is 1. The normalized spacial score (nSPS) is 16.1. The molecule has 3 aromatic carbocycles. The minimum absolute atomic E-state index is 0.289. The van der Waals surface area contributed by atoms with Gasteiger partial charge in [-0.1, -0.05) is 42.5 Å². The molecule has 0 unspecified atom stereocenters. The maximum Gasteiger partial charge on any atom is 0.338 e. The van der Waals surface area contributed by atoms with Gasteiger partial charge in [0.05, 0.1) is 34.1 Å². The summed E-state index contributed by atoms with van der Waals surface area (Å²) in [5.74, 6) is 0.400. The van der Waals surface area contributed by atoms with Crippen molar-refractivity contribution in [3.8, 4) is 0 Å². The molecule has 0 radical (unpaired) electrons. The standard InChI is InChI=1S/C28H29N3O4S/c1-3-30-25-15-14-21(28(32)35-4-2)18-24(25)29-27(30)19-26-23-13-9-8-10-20(23)16-17-31(26)36(33,34)22-11-6-5-7-12-22/h5-15,18,26H,3-4,16-17,19H2,1-2H3/t26-/m0/s1. The second-order valence-corrected chi connectivity index (χ2v) is 10.7. The fraction of sp³-hybridized carbons (Fsp3) is 0.286. The third-order valence-corrected chi connectivity index (χ3v) is 8.67. The number of nitrogens with zero attached hydrogens (tertiary/aromatic N) is 3. The number of fused-ring (bicyclic) bond motifs is 2. The average Bonchev–Trinajstić information content (AvgIpc) is 3.25. The van der Waals surface area contributed by atoms with Crippen LogP contribution in [-0.2, 0) is 34.1 Å². The van der Waals surface area contributed by atoms with Crippen molar-refractivity contribution in [1.29, 1.82) is 0 Å². The van der Waals surface area contributed by atoms with Gasteiger partial charge in [0, 0.05) is 19.5 Å². The van der Waals surface area contributed by atoms with E-state index in [9.17, 15) is 13.2 Å². The van der Waals surface area contributed by atoms with Gasteiger partial charge in [-0.15, -0.1) is 0 Å². The highest BCUT2D eigenvalue weighted by Gasteiger charge is 2.37. The first-order chi connectivity index (χ1) is 17.4. The van der Waals surface area contributed by atoms with E-state index in [2.05, 4.69) is 10.6 Å². The second kappa shape index (κ2) is 9.87. The summed E-state index contributed by atoms with van der Waals surface area (Å²) < 4.78 is 36.4. The van der Waals surface area contributed by atoms with Crippen molar-refractivity contribution in [1.82, 2.24) is 13.9 Å². The van der Waals surface area contributed by atoms with Gasteiger partial charge in [0.25, 0.3) is 0 Å². The Morgan fingerprint density at radius 1 is 1.03 bits per heavy atom. The lowest BCUT2D eigenvalue weighted by molar-refractivity contribution is 0.0526. The van der Waals surface area contributed by atoms with Crippen LogP contribution in [0.25, 0.3) is 11.0 Å². The first kappa shape index (κ1) is 24.2. The van der Waals surface area contributed by atoms with Crippen molar-refractivity contribution < 1.29 is 17.9 Å². The highest BCUT2D eigenvalue weighted by atomic mass is 32.2. The van der Waals surface area contributed by atoms with Gasteiger partial charge in [0.15, 0.2) is 0 Å². The van der Waals surface area contributed by atoms with Gasteiger partial charge >= 0.3 is 5.97 Å². The van der Waals surface area contributed by atoms with Gasteiger partial charge in [-0.3, -0.25) is 0 Å². The quantitative estimate of drug-likeness (QED) is 0.340. The molecule has 0 saturated heterocycles. The van der Waals surface area contributed by atoms with Crippen LogP contribution in [-0.4, -0.2) is 41.4 Å². The van der Waals surface area contributed by atoms with Gasteiger partial charge in [-0.05, 0) is 61.7 Å². The molecule has 4 aromatic rings. The Hall–Kier alpha value is -3.49. The SMILES string of the molecule is CCOC(=O)c1ccc2c(c1)nc(C[C@H]1c3ccccc3CCN1S(=O)(=O)c1ccccc1)n2CC. The number of hydrogen-bond donors (Lipinski definition) is 0. The number of sulfonamides is 1. The van der Waals surface area contributed by atoms with Gasteiger partial charge < -0.3 is 9.30 Å². The minimum atomic E-state index is -3.71. The first-order valence-corrected chi connectivity index (χ1v) is 13.7. The van der Waals surface area contributed by atoms with E-state index in [4.69, 9.17) is 9.72 Å². The molecule has 5 rings (SSSR count). The van der Waals surface area contributed by atoms with Crippen LogP contribution in [0.5, 0.6) is 0 Å². The third-order valence-electron chi connectivity index (χ3n) is 6.74. The van der Waals surface area contributed by atoms with Crippen LogP contribution in [0.4, 0.5) is 0 Å². The highest BCUT2D eigenvalue weighted by Crippen LogP contribution is 2.37. The predicted octanol–water partition coefficient (Wildman–Crippen LogP) is 4.76. The number of hydrogen-bond acceptors (Lipinski definition) is 5. The largest absolute Gasteiger partial charge is 0.462 e. The van der Waals surface area contributed by atoms with Crippen molar-refractivity contribution in [3.05, 3.63) is 95.3 Å². The topological polar surface area (TPSA) is 81.5 Å². The lowest BCUT2D eigenvalue weighted by Gasteiger charge is -2.36. The van der Waals surface area contributed by atoms with E-state index in [0.717, 1.165) is 22.5 Å². The van der Waals surface area contributed by atoms with Crippen molar-refractivity contribution in [3.63, 3.8) is 0 Å². The summed E-state index contributed by atoms with van der Waals surface area (Å²) >= 11 is 0. The maximum absolute atomic E-state index is 13.8. The number of aromatic nitrogens is 2. The van der Waals surface area contributed by atoms with E-state index < -0.39 is 16.1 Å². The van der Waals surface area contributed by atoms with E-state index in [-0.39, 0.29) is 10.9 Å². The monoisotopic (exact) mass is 503 g/mol. The van der Waals surface area contributed by atoms with Crippen LogP contribution >= 0.6 is 0 Å². The number of rotatable bonds is 7. The molecule has 7 nitrogen and oxygen atoms in total. The predicted molar refractivity (Wildman–Crippen MR) is 138 cm³/mol. The van der Waals surface area contributed by atoms with Gasteiger partial charge in [0.1, 0.15) is 5.82 Å². The number of carbonyl (C=O) groups excluding carboxylic acids is 1. The van der Waals surface area contributed by atoms with Crippen molar-refractivity contribution >= 4 is 27.0 Å². The molecule has 0 bridgehead atoms. The maximum atomic E-state index is 13.8. The molecule has 1 aliphatic heterocycles. The number of imidazole rings is 1. The highest BCUT2D eigenvalue weighted by molar-refractivity contribution is 7.89. The van der Waals surface area contributed by atoms with Crippen LogP contribution in [0.1, 0.15) is 47.2 Å². The molecule has 0 amide bonds. The molecule has 186 valence electrons. The smallest absolute Gasteiger partial charge is 0.338 e. The summed E-state index contributed by atoms with van der Waals surface area (Å²) in [7, 11) is -3.71. The molecule has 8 heteroatoms. The third kappa shape index (κ3) is 4.31. The lowest BCUT2D eigenvalue weighted by atomic mass is 9.92. The Kier molecular flexibility index (Phi) is 6.64. The van der Waals surface area contributed by atoms with Crippen LogP contribution < -0.4 is 0 Å². The van der Waals surface area contributed by atoms with E-state index in [1.54, 1.807) is 47.6 Å². The summed E-state index contributed by atoms with van der Waals surface area (Å²) in [6.45, 7) is 5.19. The van der Waals surface area contributed by atoms with Crippen molar-refractivity contribution in [2.75, 3.05) is 13.2 Å². The van der Waals surface area contributed by atoms with Crippen LogP contribution in [0.2, 0.25) is 0 Å². The average molecular weight is 504 g/mol. The summed E-state index contributed by atoms with van der Waals surface area (Å²) in [5, 5.41) is 0. The zero-order valence-electron chi connectivity index (χ0n) is 20.4. The fourth-order valence-corrected chi connectivity index (χ4v) is 6.69. The zero-order valence-corrected chi connectivity index (χ0v) is 21.2. The van der Waals surface area contributed by atoms with Crippen molar-refractivity contribution in [2.45, 2.75) is 44.2 Å².